The lowest BCUT2D eigenvalue weighted by Crippen LogP contribution is -2.44. The molecular formula is C16H17NO2. The van der Waals surface area contributed by atoms with Crippen LogP contribution in [0.15, 0.2) is 36.4 Å². The molecule has 98 valence electrons. The molecule has 2 aliphatic rings. The third-order valence-electron chi connectivity index (χ3n) is 4.01. The van der Waals surface area contributed by atoms with Crippen LogP contribution in [0.3, 0.4) is 0 Å². The zero-order valence-electron chi connectivity index (χ0n) is 11.0. The van der Waals surface area contributed by atoms with Crippen LogP contribution in [0.1, 0.15) is 36.5 Å². The number of rotatable bonds is 1. The van der Waals surface area contributed by atoms with Crippen LogP contribution in [0.25, 0.3) is 0 Å². The van der Waals surface area contributed by atoms with E-state index >= 15 is 0 Å². The van der Waals surface area contributed by atoms with Crippen molar-refractivity contribution in [1.29, 1.82) is 0 Å². The fourth-order valence-electron chi connectivity index (χ4n) is 3.17. The second-order valence-electron chi connectivity index (χ2n) is 5.24. The number of hydrogen-bond donors (Lipinski definition) is 0. The second-order valence-corrected chi connectivity index (χ2v) is 5.24. The van der Waals surface area contributed by atoms with Gasteiger partial charge in [-0.15, -0.1) is 0 Å². The van der Waals surface area contributed by atoms with Gasteiger partial charge in [0.25, 0.3) is 0 Å². The summed E-state index contributed by atoms with van der Waals surface area (Å²) in [5.41, 5.74) is 1.45. The van der Waals surface area contributed by atoms with Gasteiger partial charge in [-0.1, -0.05) is 24.3 Å². The van der Waals surface area contributed by atoms with Gasteiger partial charge in [-0.05, 0) is 31.4 Å². The highest BCUT2D eigenvalue weighted by Crippen LogP contribution is 2.37. The molecule has 1 aliphatic heterocycles. The first-order valence-electron chi connectivity index (χ1n) is 6.80. The summed E-state index contributed by atoms with van der Waals surface area (Å²) >= 11 is 0. The van der Waals surface area contributed by atoms with Gasteiger partial charge in [-0.2, -0.15) is 0 Å². The molecule has 3 nitrogen and oxygen atoms in total. The van der Waals surface area contributed by atoms with E-state index in [-0.39, 0.29) is 23.7 Å². The fourth-order valence-corrected chi connectivity index (χ4v) is 3.17. The Hall–Kier alpha value is -1.90. The number of Topliss-reactive ketones (excluding diaryl/α,β-unsaturated/α-hetero) is 1. The Morgan fingerprint density at radius 3 is 2.79 bits per heavy atom. The van der Waals surface area contributed by atoms with Gasteiger partial charge in [0.1, 0.15) is 6.04 Å². The summed E-state index contributed by atoms with van der Waals surface area (Å²) in [7, 11) is 0. The van der Waals surface area contributed by atoms with Crippen molar-refractivity contribution in [1.82, 2.24) is 0 Å². The molecule has 0 radical (unpaired) electrons. The van der Waals surface area contributed by atoms with Crippen LogP contribution in [-0.4, -0.2) is 17.7 Å². The normalized spacial score (nSPS) is 25.5. The average Bonchev–Trinajstić information content (AvgIpc) is 2.74. The quantitative estimate of drug-likeness (QED) is 0.723. The van der Waals surface area contributed by atoms with Gasteiger partial charge in [0.15, 0.2) is 5.78 Å². The predicted octanol–water partition coefficient (Wildman–Crippen LogP) is 2.96. The second kappa shape index (κ2) is 4.65. The zero-order chi connectivity index (χ0) is 13.4. The number of carbonyl (C=O) groups is 2. The third-order valence-corrected chi connectivity index (χ3v) is 4.01. The minimum atomic E-state index is -0.341. The summed E-state index contributed by atoms with van der Waals surface area (Å²) in [6.07, 6.45) is 7.37. The molecular weight excluding hydrogens is 238 g/mol. The minimum Gasteiger partial charge on any atom is -0.300 e. The Morgan fingerprint density at radius 2 is 2.11 bits per heavy atom. The zero-order valence-corrected chi connectivity index (χ0v) is 11.0. The summed E-state index contributed by atoms with van der Waals surface area (Å²) in [5.74, 6) is 0.183. The molecule has 19 heavy (non-hydrogen) atoms. The number of carbonyl (C=O) groups excluding carboxylic acids is 2. The third kappa shape index (κ3) is 1.89. The number of para-hydroxylation sites is 1. The number of anilines is 1. The maximum absolute atomic E-state index is 12.6. The number of nitrogens with zero attached hydrogens (tertiary/aromatic N) is 1. The van der Waals surface area contributed by atoms with Crippen molar-refractivity contribution in [3.8, 4) is 0 Å². The molecule has 0 fully saturated rings. The van der Waals surface area contributed by atoms with E-state index in [1.54, 1.807) is 4.90 Å². The van der Waals surface area contributed by atoms with E-state index in [2.05, 4.69) is 12.2 Å². The van der Waals surface area contributed by atoms with Crippen LogP contribution in [-0.2, 0) is 4.79 Å². The van der Waals surface area contributed by atoms with E-state index in [1.165, 1.54) is 6.92 Å². The van der Waals surface area contributed by atoms with E-state index in [0.29, 0.717) is 5.56 Å². The van der Waals surface area contributed by atoms with Gasteiger partial charge in [0.2, 0.25) is 5.91 Å². The van der Waals surface area contributed by atoms with Crippen LogP contribution >= 0.6 is 0 Å². The monoisotopic (exact) mass is 255 g/mol. The molecule has 2 unspecified atom stereocenters. The molecule has 1 aromatic rings. The largest absolute Gasteiger partial charge is 0.300 e. The predicted molar refractivity (Wildman–Crippen MR) is 74.2 cm³/mol. The van der Waals surface area contributed by atoms with Crippen molar-refractivity contribution in [2.75, 3.05) is 4.90 Å². The van der Waals surface area contributed by atoms with Crippen LogP contribution in [0.5, 0.6) is 0 Å². The van der Waals surface area contributed by atoms with E-state index < -0.39 is 0 Å². The lowest BCUT2D eigenvalue weighted by molar-refractivity contribution is -0.117. The van der Waals surface area contributed by atoms with Crippen molar-refractivity contribution < 1.29 is 9.59 Å². The smallest absolute Gasteiger partial charge is 0.224 e. The Morgan fingerprint density at radius 1 is 1.32 bits per heavy atom. The molecule has 1 heterocycles. The average molecular weight is 255 g/mol. The molecule has 3 rings (SSSR count). The van der Waals surface area contributed by atoms with Crippen molar-refractivity contribution in [3.63, 3.8) is 0 Å². The Balaban J connectivity index is 2.05. The van der Waals surface area contributed by atoms with Crippen LogP contribution in [0.4, 0.5) is 5.69 Å². The first-order chi connectivity index (χ1) is 9.20. The first kappa shape index (κ1) is 12.2. The van der Waals surface area contributed by atoms with E-state index in [1.807, 2.05) is 24.3 Å². The van der Waals surface area contributed by atoms with Crippen LogP contribution < -0.4 is 4.90 Å². The molecule has 0 saturated heterocycles. The van der Waals surface area contributed by atoms with E-state index in [9.17, 15) is 9.59 Å². The molecule has 1 aromatic carbocycles. The molecule has 0 saturated carbocycles. The summed E-state index contributed by atoms with van der Waals surface area (Å²) in [5, 5.41) is 0. The highest BCUT2D eigenvalue weighted by Gasteiger charge is 2.42. The highest BCUT2D eigenvalue weighted by atomic mass is 16.2. The number of fused-ring (bicyclic) bond motifs is 1. The topological polar surface area (TPSA) is 37.4 Å². The SMILES string of the molecule is CC(=O)N1c2ccccc2C(=O)C1C1C=CCCC1. The fraction of sp³-hybridized carbons (Fsp3) is 0.375. The van der Waals surface area contributed by atoms with Gasteiger partial charge in [0.05, 0.1) is 5.69 Å². The van der Waals surface area contributed by atoms with E-state index in [4.69, 9.17) is 0 Å². The van der Waals surface area contributed by atoms with Crippen LogP contribution in [0, 0.1) is 5.92 Å². The molecule has 0 N–H and O–H groups in total. The maximum atomic E-state index is 12.6. The van der Waals surface area contributed by atoms with Gasteiger partial charge in [-0.25, -0.2) is 0 Å². The lowest BCUT2D eigenvalue weighted by Gasteiger charge is -2.29. The molecule has 0 spiro atoms. The number of hydrogen-bond acceptors (Lipinski definition) is 2. The maximum Gasteiger partial charge on any atom is 0.224 e. The Kier molecular flexibility index (Phi) is 2.97. The van der Waals surface area contributed by atoms with E-state index in [0.717, 1.165) is 24.9 Å². The molecule has 0 bridgehead atoms. The number of benzene rings is 1. The van der Waals surface area contributed by atoms with Crippen molar-refractivity contribution in [2.45, 2.75) is 32.2 Å². The van der Waals surface area contributed by atoms with Gasteiger partial charge in [0, 0.05) is 18.4 Å². The number of amides is 1. The van der Waals surface area contributed by atoms with Crippen molar-refractivity contribution in [2.24, 2.45) is 5.92 Å². The molecule has 1 amide bonds. The summed E-state index contributed by atoms with van der Waals surface area (Å²) in [4.78, 5) is 26.2. The van der Waals surface area contributed by atoms with Gasteiger partial charge < -0.3 is 4.90 Å². The number of allylic oxidation sites excluding steroid dienone is 1. The lowest BCUT2D eigenvalue weighted by atomic mass is 9.86. The minimum absolute atomic E-state index is 0.0535. The first-order valence-corrected chi connectivity index (χ1v) is 6.80. The van der Waals surface area contributed by atoms with Gasteiger partial charge in [-0.3, -0.25) is 9.59 Å². The summed E-state index contributed by atoms with van der Waals surface area (Å²) < 4.78 is 0. The molecule has 3 heteroatoms. The Labute approximate surface area is 112 Å². The van der Waals surface area contributed by atoms with Gasteiger partial charge >= 0.3 is 0 Å². The summed E-state index contributed by atoms with van der Waals surface area (Å²) in [6, 6.07) is 7.07. The van der Waals surface area contributed by atoms with Crippen molar-refractivity contribution >= 4 is 17.4 Å². The molecule has 0 aromatic heterocycles. The molecule has 2 atom stereocenters. The summed E-state index contributed by atoms with van der Waals surface area (Å²) in [6.45, 7) is 1.54. The molecule has 1 aliphatic carbocycles. The van der Waals surface area contributed by atoms with Crippen LogP contribution in [0.2, 0.25) is 0 Å². The highest BCUT2D eigenvalue weighted by molar-refractivity contribution is 6.17. The Bertz CT molecular complexity index is 562. The number of ketones is 1. The van der Waals surface area contributed by atoms with Crippen molar-refractivity contribution in [3.05, 3.63) is 42.0 Å². The standard InChI is InChI=1S/C16H17NO2/c1-11(18)17-14-10-6-5-9-13(14)16(19)15(17)12-7-3-2-4-8-12/h3,5-7,9-10,12,15H,2,4,8H2,1H3.